The standard InChI is InChI=1S/C22H27N3O5S3/c1-4-24(5-2)13-14-25(21(26)16-33(29,30)17-9-7-6-8-10-17)22-23-19-12-11-18(32(3,27)28)15-20(19)31-22/h6-12,15H,4-5,13-14,16H2,1-3H3. The summed E-state index contributed by atoms with van der Waals surface area (Å²) in [6, 6.07) is 12.5. The van der Waals surface area contributed by atoms with Gasteiger partial charge in [-0.25, -0.2) is 21.8 Å². The minimum atomic E-state index is -3.83. The molecule has 1 heterocycles. The summed E-state index contributed by atoms with van der Waals surface area (Å²) in [7, 11) is -7.22. The van der Waals surface area contributed by atoms with Gasteiger partial charge in [0.05, 0.1) is 20.0 Å². The average Bonchev–Trinajstić information content (AvgIpc) is 3.19. The first-order valence-electron chi connectivity index (χ1n) is 10.5. The van der Waals surface area contributed by atoms with Gasteiger partial charge in [-0.15, -0.1) is 0 Å². The Morgan fingerprint density at radius 2 is 1.61 bits per heavy atom. The molecule has 0 fully saturated rings. The van der Waals surface area contributed by atoms with Gasteiger partial charge in [-0.1, -0.05) is 43.4 Å². The summed E-state index contributed by atoms with van der Waals surface area (Å²) in [5.41, 5.74) is 0.550. The Kier molecular flexibility index (Phi) is 7.88. The lowest BCUT2D eigenvalue weighted by atomic mass is 10.3. The number of hydrogen-bond donors (Lipinski definition) is 0. The highest BCUT2D eigenvalue weighted by molar-refractivity contribution is 7.92. The number of aromatic nitrogens is 1. The van der Waals surface area contributed by atoms with Crippen molar-refractivity contribution in [3.8, 4) is 0 Å². The number of sulfone groups is 2. The third kappa shape index (κ3) is 6.17. The highest BCUT2D eigenvalue weighted by atomic mass is 32.2. The molecule has 0 atom stereocenters. The van der Waals surface area contributed by atoms with Crippen molar-refractivity contribution in [2.75, 3.05) is 43.1 Å². The number of carbonyl (C=O) groups is 1. The second kappa shape index (κ2) is 10.3. The molecule has 33 heavy (non-hydrogen) atoms. The normalized spacial score (nSPS) is 12.4. The Morgan fingerprint density at radius 1 is 0.939 bits per heavy atom. The van der Waals surface area contributed by atoms with E-state index in [1.54, 1.807) is 24.3 Å². The molecule has 2 aromatic carbocycles. The maximum absolute atomic E-state index is 13.2. The van der Waals surface area contributed by atoms with Gasteiger partial charge in [0.15, 0.2) is 24.8 Å². The lowest BCUT2D eigenvalue weighted by Crippen LogP contribution is -2.41. The second-order valence-electron chi connectivity index (χ2n) is 7.54. The van der Waals surface area contributed by atoms with Crippen LogP contribution < -0.4 is 4.90 Å². The van der Waals surface area contributed by atoms with Crippen molar-refractivity contribution in [1.29, 1.82) is 0 Å². The van der Waals surface area contributed by atoms with Crippen LogP contribution in [0.1, 0.15) is 13.8 Å². The average molecular weight is 510 g/mol. The van der Waals surface area contributed by atoms with Gasteiger partial charge < -0.3 is 4.90 Å². The molecule has 0 saturated carbocycles. The van der Waals surface area contributed by atoms with Gasteiger partial charge in [0, 0.05) is 19.3 Å². The van der Waals surface area contributed by atoms with Crippen molar-refractivity contribution in [3.05, 3.63) is 48.5 Å². The van der Waals surface area contributed by atoms with E-state index in [-0.39, 0.29) is 16.3 Å². The van der Waals surface area contributed by atoms with E-state index in [9.17, 15) is 21.6 Å². The van der Waals surface area contributed by atoms with E-state index >= 15 is 0 Å². The minimum Gasteiger partial charge on any atom is -0.302 e. The van der Waals surface area contributed by atoms with Crippen molar-refractivity contribution >= 4 is 52.3 Å². The molecule has 1 amide bonds. The lowest BCUT2D eigenvalue weighted by molar-refractivity contribution is -0.116. The predicted molar refractivity (Wildman–Crippen MR) is 131 cm³/mol. The van der Waals surface area contributed by atoms with Crippen molar-refractivity contribution in [2.45, 2.75) is 23.6 Å². The molecule has 1 aromatic heterocycles. The molecule has 0 bridgehead atoms. The fourth-order valence-electron chi connectivity index (χ4n) is 3.30. The number of nitrogens with zero attached hydrogens (tertiary/aromatic N) is 3. The largest absolute Gasteiger partial charge is 0.302 e. The molecule has 0 radical (unpaired) electrons. The fourth-order valence-corrected chi connectivity index (χ4v) is 6.29. The predicted octanol–water partition coefficient (Wildman–Crippen LogP) is 2.85. The molecule has 0 spiro atoms. The van der Waals surface area contributed by atoms with Gasteiger partial charge >= 0.3 is 0 Å². The van der Waals surface area contributed by atoms with Gasteiger partial charge in [-0.05, 0) is 43.4 Å². The molecular formula is C22H27N3O5S3. The third-order valence-electron chi connectivity index (χ3n) is 5.26. The molecule has 0 saturated heterocycles. The van der Waals surface area contributed by atoms with Gasteiger partial charge in [-0.2, -0.15) is 0 Å². The Balaban J connectivity index is 1.96. The van der Waals surface area contributed by atoms with Crippen LogP contribution in [-0.4, -0.2) is 70.8 Å². The molecule has 0 unspecified atom stereocenters. The van der Waals surface area contributed by atoms with E-state index < -0.39 is 31.3 Å². The number of rotatable bonds is 10. The van der Waals surface area contributed by atoms with E-state index in [2.05, 4.69) is 9.88 Å². The number of benzene rings is 2. The van der Waals surface area contributed by atoms with E-state index in [4.69, 9.17) is 0 Å². The molecule has 0 aliphatic carbocycles. The van der Waals surface area contributed by atoms with Gasteiger partial charge in [0.1, 0.15) is 5.75 Å². The highest BCUT2D eigenvalue weighted by Crippen LogP contribution is 2.31. The first-order valence-corrected chi connectivity index (χ1v) is 14.8. The quantitative estimate of drug-likeness (QED) is 0.414. The van der Waals surface area contributed by atoms with Crippen LogP contribution >= 0.6 is 11.3 Å². The van der Waals surface area contributed by atoms with E-state index in [1.165, 1.54) is 40.5 Å². The van der Waals surface area contributed by atoms with Crippen LogP contribution in [0.4, 0.5) is 5.13 Å². The van der Waals surface area contributed by atoms with Crippen LogP contribution in [0.25, 0.3) is 10.2 Å². The zero-order valence-corrected chi connectivity index (χ0v) is 21.2. The van der Waals surface area contributed by atoms with Crippen LogP contribution in [-0.2, 0) is 24.5 Å². The Labute approximate surface area is 198 Å². The number of carbonyl (C=O) groups excluding carboxylic acids is 1. The van der Waals surface area contributed by atoms with Crippen molar-refractivity contribution in [1.82, 2.24) is 9.88 Å². The van der Waals surface area contributed by atoms with Gasteiger partial charge in [0.25, 0.3) is 0 Å². The smallest absolute Gasteiger partial charge is 0.244 e. The molecule has 0 aliphatic rings. The van der Waals surface area contributed by atoms with Crippen molar-refractivity contribution in [3.63, 3.8) is 0 Å². The van der Waals surface area contributed by atoms with Gasteiger partial charge in [-0.3, -0.25) is 9.69 Å². The molecule has 11 heteroatoms. The Bertz CT molecular complexity index is 1330. The number of hydrogen-bond acceptors (Lipinski definition) is 8. The molecule has 3 aromatic rings. The third-order valence-corrected chi connectivity index (χ3v) is 9.03. The zero-order valence-electron chi connectivity index (χ0n) is 18.8. The number of likely N-dealkylation sites (N-methyl/N-ethyl adjacent to an activating group) is 1. The zero-order chi connectivity index (χ0) is 24.2. The Morgan fingerprint density at radius 3 is 2.21 bits per heavy atom. The molecule has 178 valence electrons. The highest BCUT2D eigenvalue weighted by Gasteiger charge is 2.27. The molecule has 3 rings (SSSR count). The Hall–Kier alpha value is -2.34. The van der Waals surface area contributed by atoms with Crippen molar-refractivity contribution < 1.29 is 21.6 Å². The summed E-state index contributed by atoms with van der Waals surface area (Å²) in [5, 5.41) is 0.344. The molecule has 0 N–H and O–H groups in total. The SMILES string of the molecule is CCN(CC)CCN(C(=O)CS(=O)(=O)c1ccccc1)c1nc2ccc(S(C)(=O)=O)cc2s1. The maximum Gasteiger partial charge on any atom is 0.244 e. The topological polar surface area (TPSA) is 105 Å². The van der Waals surface area contributed by atoms with E-state index in [0.717, 1.165) is 19.3 Å². The summed E-state index contributed by atoms with van der Waals surface area (Å²) in [6.07, 6.45) is 1.13. The second-order valence-corrected chi connectivity index (χ2v) is 12.6. The van der Waals surface area contributed by atoms with Crippen molar-refractivity contribution in [2.24, 2.45) is 0 Å². The number of thiazole rings is 1. The monoisotopic (exact) mass is 509 g/mol. The number of amides is 1. The lowest BCUT2D eigenvalue weighted by Gasteiger charge is -2.24. The van der Waals surface area contributed by atoms with E-state index in [0.29, 0.717) is 21.9 Å². The van der Waals surface area contributed by atoms with Crippen LogP contribution in [0.15, 0.2) is 58.3 Å². The van der Waals surface area contributed by atoms with Crippen LogP contribution in [0.2, 0.25) is 0 Å². The molecule has 0 aliphatic heterocycles. The van der Waals surface area contributed by atoms with E-state index in [1.807, 2.05) is 13.8 Å². The van der Waals surface area contributed by atoms with Crippen LogP contribution in [0.3, 0.4) is 0 Å². The first-order chi connectivity index (χ1) is 15.5. The van der Waals surface area contributed by atoms with Gasteiger partial charge in [0.2, 0.25) is 5.91 Å². The number of anilines is 1. The summed E-state index contributed by atoms with van der Waals surface area (Å²) in [5.74, 6) is -1.26. The fraction of sp³-hybridized carbons (Fsp3) is 0.364. The first kappa shape index (κ1) is 25.3. The maximum atomic E-state index is 13.2. The number of fused-ring (bicyclic) bond motifs is 1. The molecular weight excluding hydrogens is 482 g/mol. The summed E-state index contributed by atoms with van der Waals surface area (Å²) in [6.45, 7) is 6.43. The summed E-state index contributed by atoms with van der Waals surface area (Å²) >= 11 is 1.17. The molecule has 8 nitrogen and oxygen atoms in total. The van der Waals surface area contributed by atoms with Crippen LogP contribution in [0.5, 0.6) is 0 Å². The summed E-state index contributed by atoms with van der Waals surface area (Å²) < 4.78 is 50.1. The summed E-state index contributed by atoms with van der Waals surface area (Å²) in [4.78, 5) is 21.5. The minimum absolute atomic E-state index is 0.0872. The van der Waals surface area contributed by atoms with Crippen LogP contribution in [0, 0.1) is 0 Å².